The Morgan fingerprint density at radius 1 is 1.00 bits per heavy atom. The van der Waals surface area contributed by atoms with Crippen LogP contribution in [0, 0.1) is 27.7 Å². The van der Waals surface area contributed by atoms with Crippen LogP contribution in [-0.4, -0.2) is 10.2 Å². The van der Waals surface area contributed by atoms with Crippen LogP contribution in [-0.2, 0) is 5.60 Å². The van der Waals surface area contributed by atoms with Crippen molar-refractivity contribution in [2.24, 2.45) is 0 Å². The molecular weight excluding hydrogens is 232 g/mol. The van der Waals surface area contributed by atoms with E-state index in [4.69, 9.17) is 0 Å². The highest BCUT2D eigenvalue weighted by atomic mass is 32.1. The van der Waals surface area contributed by atoms with Gasteiger partial charge in [0.1, 0.15) is 0 Å². The molecular formula is C14H20O2S. The zero-order chi connectivity index (χ0) is 13.5. The first kappa shape index (κ1) is 14.3. The molecule has 0 aliphatic carbocycles. The number of aliphatic hydroxyl groups is 1. The second-order valence-electron chi connectivity index (χ2n) is 5.11. The summed E-state index contributed by atoms with van der Waals surface area (Å²) >= 11 is 3.94. The van der Waals surface area contributed by atoms with E-state index < -0.39 is 5.60 Å². The highest BCUT2D eigenvalue weighted by Crippen LogP contribution is 2.34. The van der Waals surface area contributed by atoms with Crippen LogP contribution >= 0.6 is 12.6 Å². The number of hydrogen-bond acceptors (Lipinski definition) is 2. The van der Waals surface area contributed by atoms with Crippen molar-refractivity contribution in [1.29, 1.82) is 0 Å². The standard InChI is InChI=1S/C14H20O2S/c1-7-8(2)10(4)12(14(5,6)16)11(9(7)3)13(15)17/h16H,1-6H3,(H,15,17). The van der Waals surface area contributed by atoms with Crippen molar-refractivity contribution in [2.45, 2.75) is 47.1 Å². The summed E-state index contributed by atoms with van der Waals surface area (Å²) in [7, 11) is 0. The van der Waals surface area contributed by atoms with Gasteiger partial charge in [0.25, 0.3) is 0 Å². The van der Waals surface area contributed by atoms with E-state index in [1.807, 2.05) is 27.7 Å². The van der Waals surface area contributed by atoms with Gasteiger partial charge in [-0.1, -0.05) is 0 Å². The molecule has 0 saturated carbocycles. The van der Waals surface area contributed by atoms with Gasteiger partial charge in [-0.3, -0.25) is 4.79 Å². The Hall–Kier alpha value is -0.800. The maximum absolute atomic E-state index is 11.7. The fraction of sp³-hybridized carbons (Fsp3) is 0.500. The molecule has 94 valence electrons. The highest BCUT2D eigenvalue weighted by molar-refractivity contribution is 7.97. The van der Waals surface area contributed by atoms with E-state index in [2.05, 4.69) is 12.6 Å². The van der Waals surface area contributed by atoms with Crippen LogP contribution in [0.4, 0.5) is 0 Å². The molecule has 17 heavy (non-hydrogen) atoms. The molecule has 0 radical (unpaired) electrons. The molecule has 0 aliphatic heterocycles. The van der Waals surface area contributed by atoms with E-state index in [1.165, 1.54) is 0 Å². The number of hydrogen-bond donors (Lipinski definition) is 2. The summed E-state index contributed by atoms with van der Waals surface area (Å²) in [5.41, 5.74) is 4.29. The molecule has 2 nitrogen and oxygen atoms in total. The fourth-order valence-corrected chi connectivity index (χ4v) is 2.62. The Morgan fingerprint density at radius 3 is 1.76 bits per heavy atom. The average Bonchev–Trinajstić information content (AvgIpc) is 2.17. The van der Waals surface area contributed by atoms with Gasteiger partial charge in [-0.2, -0.15) is 0 Å². The van der Waals surface area contributed by atoms with Crippen LogP contribution in [0.3, 0.4) is 0 Å². The molecule has 3 heteroatoms. The van der Waals surface area contributed by atoms with E-state index >= 15 is 0 Å². The van der Waals surface area contributed by atoms with Crippen LogP contribution in [0.5, 0.6) is 0 Å². The Labute approximate surface area is 108 Å². The lowest BCUT2D eigenvalue weighted by Crippen LogP contribution is -2.23. The Bertz CT molecular complexity index is 482. The highest BCUT2D eigenvalue weighted by Gasteiger charge is 2.28. The lowest BCUT2D eigenvalue weighted by molar-refractivity contribution is 0.0756. The first-order valence-electron chi connectivity index (χ1n) is 5.65. The smallest absolute Gasteiger partial charge is 0.217 e. The molecule has 0 heterocycles. The molecule has 1 aromatic carbocycles. The van der Waals surface area contributed by atoms with E-state index in [0.717, 1.165) is 22.3 Å². The molecule has 0 aliphatic rings. The molecule has 0 saturated heterocycles. The number of benzene rings is 1. The molecule has 0 fully saturated rings. The number of carbonyl (C=O) groups excluding carboxylic acids is 1. The lowest BCUT2D eigenvalue weighted by Gasteiger charge is -2.27. The predicted molar refractivity (Wildman–Crippen MR) is 74.0 cm³/mol. The van der Waals surface area contributed by atoms with Crippen molar-refractivity contribution >= 4 is 17.7 Å². The quantitative estimate of drug-likeness (QED) is 0.793. The van der Waals surface area contributed by atoms with Gasteiger partial charge in [0.15, 0.2) is 0 Å². The van der Waals surface area contributed by atoms with E-state index in [1.54, 1.807) is 13.8 Å². The average molecular weight is 252 g/mol. The summed E-state index contributed by atoms with van der Waals surface area (Å²) in [6, 6.07) is 0. The van der Waals surface area contributed by atoms with Crippen molar-refractivity contribution in [3.05, 3.63) is 33.4 Å². The van der Waals surface area contributed by atoms with Crippen LogP contribution in [0.2, 0.25) is 0 Å². The fourth-order valence-electron chi connectivity index (χ4n) is 2.34. The van der Waals surface area contributed by atoms with Crippen LogP contribution in [0.15, 0.2) is 0 Å². The van der Waals surface area contributed by atoms with Crippen molar-refractivity contribution in [3.8, 4) is 0 Å². The zero-order valence-electron chi connectivity index (χ0n) is 11.3. The SMILES string of the molecule is Cc1c(C)c(C)c(C(C)(C)O)c(C(=O)S)c1C. The second kappa shape index (κ2) is 4.46. The largest absolute Gasteiger partial charge is 0.386 e. The van der Waals surface area contributed by atoms with Crippen molar-refractivity contribution < 1.29 is 9.90 Å². The summed E-state index contributed by atoms with van der Waals surface area (Å²) in [5, 5.41) is 9.97. The second-order valence-corrected chi connectivity index (χ2v) is 5.52. The van der Waals surface area contributed by atoms with Crippen molar-refractivity contribution in [1.82, 2.24) is 0 Å². The molecule has 0 spiro atoms. The first-order chi connectivity index (χ1) is 7.59. The molecule has 0 bridgehead atoms. The monoisotopic (exact) mass is 252 g/mol. The number of carbonyl (C=O) groups is 1. The van der Waals surface area contributed by atoms with E-state index in [9.17, 15) is 9.90 Å². The van der Waals surface area contributed by atoms with Gasteiger partial charge in [-0.15, -0.1) is 12.6 Å². The summed E-state index contributed by atoms with van der Waals surface area (Å²) in [4.78, 5) is 11.7. The van der Waals surface area contributed by atoms with Crippen LogP contribution < -0.4 is 0 Å². The summed E-state index contributed by atoms with van der Waals surface area (Å²) < 4.78 is 0. The first-order valence-corrected chi connectivity index (χ1v) is 6.10. The van der Waals surface area contributed by atoms with E-state index in [0.29, 0.717) is 11.1 Å². The lowest BCUT2D eigenvalue weighted by atomic mass is 9.82. The Balaban J connectivity index is 3.86. The van der Waals surface area contributed by atoms with Gasteiger partial charge in [0.05, 0.1) is 5.60 Å². The number of thiol groups is 1. The van der Waals surface area contributed by atoms with Crippen LogP contribution in [0.25, 0.3) is 0 Å². The minimum atomic E-state index is -1.04. The van der Waals surface area contributed by atoms with Gasteiger partial charge in [-0.05, 0) is 69.4 Å². The Kier molecular flexibility index (Phi) is 3.75. The summed E-state index contributed by atoms with van der Waals surface area (Å²) in [6.07, 6.45) is 0. The predicted octanol–water partition coefficient (Wildman–Crippen LogP) is 3.22. The topological polar surface area (TPSA) is 37.3 Å². The molecule has 0 unspecified atom stereocenters. The molecule has 0 atom stereocenters. The van der Waals surface area contributed by atoms with Gasteiger partial charge in [-0.25, -0.2) is 0 Å². The maximum atomic E-state index is 11.7. The van der Waals surface area contributed by atoms with Crippen molar-refractivity contribution in [3.63, 3.8) is 0 Å². The van der Waals surface area contributed by atoms with Gasteiger partial charge in [0.2, 0.25) is 5.12 Å². The Morgan fingerprint density at radius 2 is 1.41 bits per heavy atom. The molecule has 1 aromatic rings. The summed E-state index contributed by atoms with van der Waals surface area (Å²) in [6.45, 7) is 11.2. The zero-order valence-corrected chi connectivity index (χ0v) is 12.2. The third-order valence-corrected chi connectivity index (χ3v) is 3.74. The minimum Gasteiger partial charge on any atom is -0.386 e. The molecule has 0 amide bonds. The van der Waals surface area contributed by atoms with Gasteiger partial charge < -0.3 is 5.11 Å². The van der Waals surface area contributed by atoms with E-state index in [-0.39, 0.29) is 5.12 Å². The molecule has 1 N–H and O–H groups in total. The number of rotatable bonds is 2. The van der Waals surface area contributed by atoms with Crippen molar-refractivity contribution in [2.75, 3.05) is 0 Å². The molecule has 1 rings (SSSR count). The maximum Gasteiger partial charge on any atom is 0.217 e. The minimum absolute atomic E-state index is 0.286. The molecule has 0 aromatic heterocycles. The third-order valence-electron chi connectivity index (χ3n) is 3.51. The normalized spacial score (nSPS) is 11.8. The third kappa shape index (κ3) is 2.40. The van der Waals surface area contributed by atoms with Gasteiger partial charge >= 0.3 is 0 Å². The van der Waals surface area contributed by atoms with Gasteiger partial charge in [0, 0.05) is 5.56 Å². The van der Waals surface area contributed by atoms with Crippen LogP contribution in [0.1, 0.15) is 52.0 Å². The summed E-state index contributed by atoms with van der Waals surface area (Å²) in [5.74, 6) is 0.